The average Bonchev–Trinajstić information content (AvgIpc) is 3.30. The first-order chi connectivity index (χ1) is 15.3. The molecule has 5 rings (SSSR count). The van der Waals surface area contributed by atoms with Crippen LogP contribution in [0.4, 0.5) is 24.7 Å². The lowest BCUT2D eigenvalue weighted by atomic mass is 9.86. The van der Waals surface area contributed by atoms with Crippen molar-refractivity contribution in [2.75, 3.05) is 11.9 Å². The van der Waals surface area contributed by atoms with Crippen LogP contribution in [0.25, 0.3) is 11.0 Å². The number of carbonyl (C=O) groups excluding carboxylic acids is 2. The Hall–Kier alpha value is -3.08. The number of H-pyrrole nitrogens is 1. The third-order valence-corrected chi connectivity index (χ3v) is 6.67. The van der Waals surface area contributed by atoms with E-state index in [4.69, 9.17) is 0 Å². The first-order valence-corrected chi connectivity index (χ1v) is 10.9. The Bertz CT molecular complexity index is 1240. The second-order valence-electron chi connectivity index (χ2n) is 7.90. The Balaban J connectivity index is 1.42. The molecule has 3 N–H and O–H groups in total. The zero-order chi connectivity index (χ0) is 22.5. The van der Waals surface area contributed by atoms with Gasteiger partial charge in [-0.3, -0.25) is 9.59 Å². The van der Waals surface area contributed by atoms with Gasteiger partial charge in [0.05, 0.1) is 5.39 Å². The number of carbonyl (C=O) groups is 2. The summed E-state index contributed by atoms with van der Waals surface area (Å²) in [6.45, 7) is -1.34. The fourth-order valence-electron chi connectivity index (χ4n) is 4.22. The number of rotatable bonds is 4. The van der Waals surface area contributed by atoms with E-state index < -0.39 is 24.5 Å². The van der Waals surface area contributed by atoms with Gasteiger partial charge in [0.15, 0.2) is 5.12 Å². The number of nitrogens with zero attached hydrogens (tertiary/aromatic N) is 2. The van der Waals surface area contributed by atoms with E-state index in [-0.39, 0.29) is 5.12 Å². The van der Waals surface area contributed by atoms with Crippen LogP contribution in [-0.4, -0.2) is 38.7 Å². The Labute approximate surface area is 184 Å². The third-order valence-electron chi connectivity index (χ3n) is 5.70. The van der Waals surface area contributed by atoms with Gasteiger partial charge in [-0.05, 0) is 42.5 Å². The Morgan fingerprint density at radius 2 is 2.12 bits per heavy atom. The molecule has 32 heavy (non-hydrogen) atoms. The summed E-state index contributed by atoms with van der Waals surface area (Å²) >= 11 is 1.21. The number of aromatic nitrogens is 3. The predicted molar refractivity (Wildman–Crippen MR) is 113 cm³/mol. The molecule has 1 aliphatic heterocycles. The van der Waals surface area contributed by atoms with Crippen LogP contribution in [0.1, 0.15) is 23.2 Å². The number of thioether (sulfide) groups is 1. The van der Waals surface area contributed by atoms with Crippen molar-refractivity contribution in [3.8, 4) is 0 Å². The summed E-state index contributed by atoms with van der Waals surface area (Å²) in [5.74, 6) is -0.619. The molecule has 0 fully saturated rings. The molecule has 166 valence electrons. The molecule has 3 heterocycles. The van der Waals surface area contributed by atoms with Crippen LogP contribution in [0, 0.1) is 5.92 Å². The lowest BCUT2D eigenvalue weighted by Gasteiger charge is -2.22. The largest absolute Gasteiger partial charge is 0.405 e. The molecule has 0 radical (unpaired) electrons. The van der Waals surface area contributed by atoms with Gasteiger partial charge in [0.2, 0.25) is 5.91 Å². The number of alkyl halides is 3. The topological polar surface area (TPSA) is 99.8 Å². The molecular weight excluding hydrogens is 443 g/mol. The van der Waals surface area contributed by atoms with Gasteiger partial charge in [-0.2, -0.15) is 13.2 Å². The minimum absolute atomic E-state index is 0.108. The summed E-state index contributed by atoms with van der Waals surface area (Å²) < 4.78 is 37.4. The summed E-state index contributed by atoms with van der Waals surface area (Å²) in [5, 5.41) is 6.10. The van der Waals surface area contributed by atoms with Crippen molar-refractivity contribution in [2.24, 2.45) is 5.92 Å². The molecule has 2 aliphatic rings. The zero-order valence-corrected chi connectivity index (χ0v) is 17.5. The number of aromatic amines is 1. The van der Waals surface area contributed by atoms with Crippen LogP contribution in [0.15, 0.2) is 29.4 Å². The molecule has 7 nitrogen and oxygen atoms in total. The molecule has 1 aliphatic carbocycles. The Morgan fingerprint density at radius 3 is 2.94 bits per heavy atom. The maximum absolute atomic E-state index is 12.5. The summed E-state index contributed by atoms with van der Waals surface area (Å²) in [7, 11) is 0. The number of hydrogen-bond donors (Lipinski definition) is 3. The smallest absolute Gasteiger partial charge is 0.347 e. The van der Waals surface area contributed by atoms with Crippen molar-refractivity contribution in [2.45, 2.75) is 36.8 Å². The van der Waals surface area contributed by atoms with Gasteiger partial charge in [-0.25, -0.2) is 9.97 Å². The van der Waals surface area contributed by atoms with Gasteiger partial charge < -0.3 is 15.6 Å². The molecule has 11 heteroatoms. The van der Waals surface area contributed by atoms with Gasteiger partial charge in [0.25, 0.3) is 0 Å². The third kappa shape index (κ3) is 4.04. The van der Waals surface area contributed by atoms with Crippen LogP contribution in [0.2, 0.25) is 0 Å². The molecule has 3 aromatic rings. The molecule has 0 bridgehead atoms. The van der Waals surface area contributed by atoms with Gasteiger partial charge in [-0.15, -0.1) is 0 Å². The van der Waals surface area contributed by atoms with E-state index in [1.165, 1.54) is 18.1 Å². The SMILES string of the molecule is O=C1Cc2ccc(Nc3ncnc4[nH]c5c(c34)CC(C(=O)NCC(F)(F)F)CC5)cc2S1. The quantitative estimate of drug-likeness (QED) is 0.549. The van der Waals surface area contributed by atoms with Gasteiger partial charge in [0, 0.05) is 28.6 Å². The van der Waals surface area contributed by atoms with Gasteiger partial charge in [0.1, 0.15) is 24.3 Å². The normalized spacial score (nSPS) is 17.8. The predicted octanol–water partition coefficient (Wildman–Crippen LogP) is 3.66. The molecule has 0 spiro atoms. The molecular formula is C21H18F3N5O2S. The Kier molecular flexibility index (Phi) is 5.07. The highest BCUT2D eigenvalue weighted by Crippen LogP contribution is 2.38. The molecule has 0 saturated carbocycles. The van der Waals surface area contributed by atoms with Crippen LogP contribution < -0.4 is 10.6 Å². The maximum atomic E-state index is 12.5. The minimum Gasteiger partial charge on any atom is -0.347 e. The van der Waals surface area contributed by atoms with E-state index in [9.17, 15) is 22.8 Å². The molecule has 2 aromatic heterocycles. The summed E-state index contributed by atoms with van der Waals surface area (Å²) in [6.07, 6.45) is -1.31. The highest BCUT2D eigenvalue weighted by Gasteiger charge is 2.32. The molecule has 0 saturated heterocycles. The molecule has 1 amide bonds. The highest BCUT2D eigenvalue weighted by molar-refractivity contribution is 8.14. The Morgan fingerprint density at radius 1 is 1.28 bits per heavy atom. The van der Waals surface area contributed by atoms with Crippen LogP contribution in [0.5, 0.6) is 0 Å². The van der Waals surface area contributed by atoms with Crippen molar-refractivity contribution < 1.29 is 22.8 Å². The maximum Gasteiger partial charge on any atom is 0.405 e. The average molecular weight is 461 g/mol. The van der Waals surface area contributed by atoms with E-state index in [0.717, 1.165) is 32.8 Å². The molecule has 1 unspecified atom stereocenters. The monoisotopic (exact) mass is 461 g/mol. The van der Waals surface area contributed by atoms with Crippen LogP contribution in [-0.2, 0) is 28.9 Å². The first-order valence-electron chi connectivity index (χ1n) is 10.1. The first kappa shape index (κ1) is 20.8. The van der Waals surface area contributed by atoms with E-state index in [2.05, 4.69) is 20.3 Å². The van der Waals surface area contributed by atoms with E-state index in [0.29, 0.717) is 37.1 Å². The number of halogens is 3. The second kappa shape index (κ2) is 7.80. The number of benzene rings is 1. The second-order valence-corrected chi connectivity index (χ2v) is 9.00. The number of amides is 1. The number of hydrogen-bond acceptors (Lipinski definition) is 6. The van der Waals surface area contributed by atoms with E-state index in [1.54, 1.807) is 0 Å². The highest BCUT2D eigenvalue weighted by atomic mass is 32.2. The molecule has 1 aromatic carbocycles. The van der Waals surface area contributed by atoms with Crippen molar-refractivity contribution in [1.82, 2.24) is 20.3 Å². The lowest BCUT2D eigenvalue weighted by molar-refractivity contribution is -0.141. The standard InChI is InChI=1S/C21H18F3N5O2S/c22-21(23,24)8-25-20(31)11-2-4-14-13(5-11)17-18(26-9-27-19(17)29-14)28-12-3-1-10-6-16(30)32-15(10)7-12/h1,3,7,9,11H,2,4-6,8H2,(H,25,31)(H2,26,27,28,29). The number of fused-ring (bicyclic) bond motifs is 4. The van der Waals surface area contributed by atoms with Crippen molar-refractivity contribution in [3.63, 3.8) is 0 Å². The lowest BCUT2D eigenvalue weighted by Crippen LogP contribution is -2.39. The zero-order valence-electron chi connectivity index (χ0n) is 16.7. The summed E-state index contributed by atoms with van der Waals surface area (Å²) in [4.78, 5) is 36.8. The molecule has 1 atom stereocenters. The minimum atomic E-state index is -4.44. The summed E-state index contributed by atoms with van der Waals surface area (Å²) in [6, 6.07) is 5.67. The van der Waals surface area contributed by atoms with Crippen molar-refractivity contribution >= 4 is 45.3 Å². The fourth-order valence-corrected chi connectivity index (χ4v) is 5.15. The number of nitrogens with one attached hydrogen (secondary N) is 3. The number of anilines is 2. The number of aryl methyl sites for hydroxylation is 1. The van der Waals surface area contributed by atoms with Crippen LogP contribution in [0.3, 0.4) is 0 Å². The van der Waals surface area contributed by atoms with Gasteiger partial charge >= 0.3 is 6.18 Å². The van der Waals surface area contributed by atoms with Gasteiger partial charge in [-0.1, -0.05) is 17.8 Å². The summed E-state index contributed by atoms with van der Waals surface area (Å²) in [5.41, 5.74) is 4.11. The fraction of sp³-hybridized carbons (Fsp3) is 0.333. The van der Waals surface area contributed by atoms with E-state index in [1.807, 2.05) is 23.5 Å². The van der Waals surface area contributed by atoms with Crippen molar-refractivity contribution in [3.05, 3.63) is 41.3 Å². The van der Waals surface area contributed by atoms with Crippen LogP contribution >= 0.6 is 11.8 Å². The van der Waals surface area contributed by atoms with Crippen molar-refractivity contribution in [1.29, 1.82) is 0 Å². The van der Waals surface area contributed by atoms with E-state index >= 15 is 0 Å².